The van der Waals surface area contributed by atoms with Crippen LogP contribution in [0.15, 0.2) is 4.99 Å². The minimum absolute atomic E-state index is 0. The molecule has 1 aliphatic rings. The first-order chi connectivity index (χ1) is 10.8. The maximum absolute atomic E-state index is 11.8. The second-order valence-electron chi connectivity index (χ2n) is 6.77. The lowest BCUT2D eigenvalue weighted by atomic mass is 10.1. The third-order valence-electron chi connectivity index (χ3n) is 3.42. The van der Waals surface area contributed by atoms with E-state index >= 15 is 0 Å². The smallest absolute Gasteiger partial charge is 0.407 e. The number of ether oxygens (including phenoxy) is 2. The van der Waals surface area contributed by atoms with E-state index in [4.69, 9.17) is 15.2 Å². The molecular formula is C16H33IN4O3. The molecular weight excluding hydrogens is 423 g/mol. The Hall–Kier alpha value is -0.770. The Morgan fingerprint density at radius 2 is 2.00 bits per heavy atom. The second-order valence-corrected chi connectivity index (χ2v) is 6.77. The fraction of sp³-hybridized carbons (Fsp3) is 0.875. The fourth-order valence-electron chi connectivity index (χ4n) is 2.23. The molecule has 24 heavy (non-hydrogen) atoms. The van der Waals surface area contributed by atoms with E-state index in [1.165, 1.54) is 0 Å². The average Bonchev–Trinajstić information content (AvgIpc) is 2.49. The number of nitrogens with two attached hydrogens (primary N) is 1. The number of guanidine groups is 1. The van der Waals surface area contributed by atoms with Gasteiger partial charge in [0.1, 0.15) is 5.60 Å². The van der Waals surface area contributed by atoms with Crippen molar-refractivity contribution in [2.24, 2.45) is 10.7 Å². The summed E-state index contributed by atoms with van der Waals surface area (Å²) >= 11 is 0. The molecule has 1 amide bonds. The third kappa shape index (κ3) is 10.2. The summed E-state index contributed by atoms with van der Waals surface area (Å²) in [6.07, 6.45) is 2.59. The van der Waals surface area contributed by atoms with E-state index in [0.29, 0.717) is 25.7 Å². The Morgan fingerprint density at radius 3 is 2.54 bits per heavy atom. The van der Waals surface area contributed by atoms with Crippen LogP contribution in [-0.2, 0) is 9.47 Å². The van der Waals surface area contributed by atoms with Crippen molar-refractivity contribution < 1.29 is 14.3 Å². The van der Waals surface area contributed by atoms with E-state index in [1.54, 1.807) is 0 Å². The quantitative estimate of drug-likeness (QED) is 0.364. The number of aliphatic imine (C=N–C) groups is 1. The van der Waals surface area contributed by atoms with Gasteiger partial charge >= 0.3 is 6.09 Å². The zero-order chi connectivity index (χ0) is 17.3. The fourth-order valence-corrected chi connectivity index (χ4v) is 2.23. The third-order valence-corrected chi connectivity index (χ3v) is 3.42. The van der Waals surface area contributed by atoms with Crippen LogP contribution in [0, 0.1) is 0 Å². The van der Waals surface area contributed by atoms with Crippen LogP contribution >= 0.6 is 24.0 Å². The minimum atomic E-state index is -0.501. The number of amides is 1. The summed E-state index contributed by atoms with van der Waals surface area (Å²) in [5, 5.41) is 2.79. The van der Waals surface area contributed by atoms with E-state index < -0.39 is 11.7 Å². The first-order valence-electron chi connectivity index (χ1n) is 8.44. The van der Waals surface area contributed by atoms with Crippen molar-refractivity contribution in [3.63, 3.8) is 0 Å². The summed E-state index contributed by atoms with van der Waals surface area (Å²) < 4.78 is 10.6. The van der Waals surface area contributed by atoms with Gasteiger partial charge in [0.2, 0.25) is 0 Å². The molecule has 3 N–H and O–H groups in total. The van der Waals surface area contributed by atoms with Gasteiger partial charge < -0.3 is 25.4 Å². The molecule has 0 bridgehead atoms. The summed E-state index contributed by atoms with van der Waals surface area (Å²) in [5.41, 5.74) is 5.60. The van der Waals surface area contributed by atoms with Gasteiger partial charge in [-0.3, -0.25) is 0 Å². The molecule has 0 radical (unpaired) electrons. The van der Waals surface area contributed by atoms with Gasteiger partial charge in [0.25, 0.3) is 0 Å². The molecule has 0 aliphatic carbocycles. The van der Waals surface area contributed by atoms with E-state index in [-0.39, 0.29) is 30.0 Å². The Labute approximate surface area is 162 Å². The summed E-state index contributed by atoms with van der Waals surface area (Å²) in [6.45, 7) is 11.0. The first-order valence-corrected chi connectivity index (χ1v) is 8.44. The molecule has 1 atom stereocenters. The molecule has 1 aliphatic heterocycles. The van der Waals surface area contributed by atoms with Crippen LogP contribution < -0.4 is 11.1 Å². The molecule has 0 aromatic carbocycles. The van der Waals surface area contributed by atoms with Gasteiger partial charge in [-0.25, -0.2) is 9.79 Å². The van der Waals surface area contributed by atoms with Crippen LogP contribution in [0.1, 0.15) is 47.0 Å². The van der Waals surface area contributed by atoms with Gasteiger partial charge in [-0.15, -0.1) is 24.0 Å². The van der Waals surface area contributed by atoms with Crippen molar-refractivity contribution in [2.75, 3.05) is 32.8 Å². The highest BCUT2D eigenvalue weighted by atomic mass is 127. The molecule has 1 fully saturated rings. The molecule has 1 heterocycles. The molecule has 142 valence electrons. The predicted molar refractivity (Wildman–Crippen MR) is 107 cm³/mol. The number of carbonyl (C=O) groups excluding carboxylic acids is 1. The Kier molecular flexibility index (Phi) is 11.4. The maximum Gasteiger partial charge on any atom is 0.407 e. The first kappa shape index (κ1) is 23.2. The van der Waals surface area contributed by atoms with Crippen molar-refractivity contribution in [2.45, 2.75) is 58.6 Å². The van der Waals surface area contributed by atoms with E-state index in [1.807, 2.05) is 25.7 Å². The van der Waals surface area contributed by atoms with Crippen molar-refractivity contribution >= 4 is 36.0 Å². The standard InChI is InChI=1S/C16H32N4O3.HI/c1-5-6-7-13(12-18-15(21)23-16(2,3)4)19-14(17)20-8-10-22-11-9-20;/h13H,5-12H2,1-4H3,(H2,17,19)(H,18,21);1H. The second kappa shape index (κ2) is 11.7. The molecule has 0 aromatic heterocycles. The van der Waals surface area contributed by atoms with Gasteiger partial charge in [-0.1, -0.05) is 19.8 Å². The normalized spacial score (nSPS) is 17.0. The van der Waals surface area contributed by atoms with E-state index in [9.17, 15) is 4.79 Å². The number of nitrogens with one attached hydrogen (secondary N) is 1. The van der Waals surface area contributed by atoms with Gasteiger partial charge in [0.15, 0.2) is 5.96 Å². The Morgan fingerprint density at radius 1 is 1.38 bits per heavy atom. The van der Waals surface area contributed by atoms with Crippen molar-refractivity contribution in [1.29, 1.82) is 0 Å². The number of nitrogens with zero attached hydrogens (tertiary/aromatic N) is 2. The molecule has 1 unspecified atom stereocenters. The van der Waals surface area contributed by atoms with Crippen LogP contribution in [0.25, 0.3) is 0 Å². The summed E-state index contributed by atoms with van der Waals surface area (Å²) in [5.74, 6) is 0.528. The topological polar surface area (TPSA) is 89.2 Å². The molecule has 0 aromatic rings. The summed E-state index contributed by atoms with van der Waals surface area (Å²) in [6, 6.07) is -0.0367. The van der Waals surface area contributed by atoms with Crippen LogP contribution in [0.5, 0.6) is 0 Å². The number of carbonyl (C=O) groups is 1. The van der Waals surface area contributed by atoms with Gasteiger partial charge in [-0.2, -0.15) is 0 Å². The molecule has 0 spiro atoms. The zero-order valence-corrected chi connectivity index (χ0v) is 17.7. The average molecular weight is 456 g/mol. The Balaban J connectivity index is 0.00000529. The lowest BCUT2D eigenvalue weighted by molar-refractivity contribution is 0.0524. The molecule has 1 saturated heterocycles. The highest BCUT2D eigenvalue weighted by Gasteiger charge is 2.18. The van der Waals surface area contributed by atoms with Gasteiger partial charge in [0, 0.05) is 19.6 Å². The van der Waals surface area contributed by atoms with Crippen LogP contribution in [0.4, 0.5) is 4.79 Å². The lowest BCUT2D eigenvalue weighted by Gasteiger charge is -2.28. The van der Waals surface area contributed by atoms with Crippen molar-refractivity contribution in [3.05, 3.63) is 0 Å². The number of unbranched alkanes of at least 4 members (excludes halogenated alkanes) is 1. The molecule has 7 nitrogen and oxygen atoms in total. The monoisotopic (exact) mass is 456 g/mol. The number of rotatable bonds is 6. The highest BCUT2D eigenvalue weighted by Crippen LogP contribution is 2.08. The van der Waals surface area contributed by atoms with Gasteiger partial charge in [-0.05, 0) is 27.2 Å². The van der Waals surface area contributed by atoms with Crippen molar-refractivity contribution in [1.82, 2.24) is 10.2 Å². The van der Waals surface area contributed by atoms with Crippen LogP contribution in [0.2, 0.25) is 0 Å². The lowest BCUT2D eigenvalue weighted by Crippen LogP contribution is -2.46. The highest BCUT2D eigenvalue weighted by molar-refractivity contribution is 14.0. The molecule has 8 heteroatoms. The molecule has 1 rings (SSSR count). The zero-order valence-electron chi connectivity index (χ0n) is 15.3. The van der Waals surface area contributed by atoms with Crippen molar-refractivity contribution in [3.8, 4) is 0 Å². The number of morpholine rings is 1. The number of hydrogen-bond donors (Lipinski definition) is 2. The van der Waals surface area contributed by atoms with E-state index in [2.05, 4.69) is 17.2 Å². The number of alkyl carbamates (subject to hydrolysis) is 1. The number of halogens is 1. The SMILES string of the molecule is CCCCC(CNC(=O)OC(C)(C)C)N=C(N)N1CCOCC1.I. The largest absolute Gasteiger partial charge is 0.444 e. The maximum atomic E-state index is 11.8. The van der Waals surface area contributed by atoms with Crippen LogP contribution in [0.3, 0.4) is 0 Å². The predicted octanol–water partition coefficient (Wildman–Crippen LogP) is 2.33. The summed E-state index contributed by atoms with van der Waals surface area (Å²) in [7, 11) is 0. The van der Waals surface area contributed by atoms with Crippen LogP contribution in [-0.4, -0.2) is 61.4 Å². The minimum Gasteiger partial charge on any atom is -0.444 e. The van der Waals surface area contributed by atoms with E-state index in [0.717, 1.165) is 32.4 Å². The number of hydrogen-bond acceptors (Lipinski definition) is 4. The van der Waals surface area contributed by atoms with Gasteiger partial charge in [0.05, 0.1) is 19.3 Å². The summed E-state index contributed by atoms with van der Waals surface area (Å²) in [4.78, 5) is 18.4. The Bertz CT molecular complexity index is 393. The molecule has 0 saturated carbocycles.